The van der Waals surface area contributed by atoms with Crippen molar-refractivity contribution in [2.45, 2.75) is 216 Å². The molecule has 17 N–H and O–H groups in total. The molecule has 0 saturated heterocycles. The zero-order valence-corrected chi connectivity index (χ0v) is 81.1. The van der Waals surface area contributed by atoms with Crippen molar-refractivity contribution < 1.29 is 61.9 Å². The maximum atomic E-state index is 15.0. The molecule has 0 atom stereocenters. The van der Waals surface area contributed by atoms with Crippen LogP contribution in [0.3, 0.4) is 0 Å². The summed E-state index contributed by atoms with van der Waals surface area (Å²) in [5.41, 5.74) is 60.5. The molecule has 0 aliphatic heterocycles. The van der Waals surface area contributed by atoms with Gasteiger partial charge in [-0.15, -0.1) is 0 Å². The van der Waals surface area contributed by atoms with Gasteiger partial charge in [-0.1, -0.05) is 107 Å². The molecule has 27 heteroatoms. The van der Waals surface area contributed by atoms with Gasteiger partial charge in [0.05, 0.1) is 69.9 Å². The lowest BCUT2D eigenvalue weighted by Crippen LogP contribution is -2.21. The SMILES string of the molecule is CCCCOc1c2cc(N)cc1Cc1cc(N)cc(c1OCCCC)Cc1cc(NC(=O)CC(=O)Nc3cc(C(=O)Nc4cc(C(=O)Nc5cc(C(=O)Nc6cc7c(OCCCC)c(c6)Cc6cc(N)cc(c6OCCCC)Cc6cc(N)cc(c6OCCCC)Cc6cc(N)cc(c6OCCCC)C7)n(C)c5)n(C)c4)n(C)c3)cc(c1OCCCC)Cc1cc(N)cc(c1OCCCC)C2. The Labute approximate surface area is 800 Å². The third-order valence-corrected chi connectivity index (χ3v) is 24.5. The molecule has 722 valence electrons. The molecule has 136 heavy (non-hydrogen) atoms. The molecule has 16 bridgehead atoms. The highest BCUT2D eigenvalue weighted by atomic mass is 16.5. The van der Waals surface area contributed by atoms with Crippen molar-refractivity contribution in [1.82, 2.24) is 13.7 Å². The first-order valence-electron chi connectivity index (χ1n) is 48.6. The van der Waals surface area contributed by atoms with Crippen LogP contribution in [0.5, 0.6) is 46.0 Å². The molecule has 5 amide bonds. The second-order valence-electron chi connectivity index (χ2n) is 36.1. The average Bonchev–Trinajstić information content (AvgIpc) is 0.917. The first kappa shape index (κ1) is 99.6. The van der Waals surface area contributed by atoms with Crippen LogP contribution in [0.1, 0.15) is 285 Å². The van der Waals surface area contributed by atoms with Gasteiger partial charge in [-0.05, 0) is 167 Å². The summed E-state index contributed by atoms with van der Waals surface area (Å²) in [6, 6.07) is 35.9. The molecule has 0 fully saturated rings. The lowest BCUT2D eigenvalue weighted by Gasteiger charge is -2.24. The minimum absolute atomic E-state index is 0.161. The first-order chi connectivity index (χ1) is 65.7. The van der Waals surface area contributed by atoms with E-state index in [1.165, 1.54) is 12.1 Å². The molecule has 0 saturated carbocycles. The summed E-state index contributed by atoms with van der Waals surface area (Å²) in [5.74, 6) is 2.76. The Bertz CT molecular complexity index is 5870. The highest BCUT2D eigenvalue weighted by Gasteiger charge is 2.31. The van der Waals surface area contributed by atoms with Gasteiger partial charge in [0.25, 0.3) is 17.7 Å². The van der Waals surface area contributed by atoms with Crippen LogP contribution in [0.2, 0.25) is 0 Å². The lowest BCUT2D eigenvalue weighted by atomic mass is 9.90. The molecule has 13 rings (SSSR count). The first-order valence-corrected chi connectivity index (χ1v) is 48.6. The topological polar surface area (TPSA) is 390 Å². The predicted molar refractivity (Wildman–Crippen MR) is 546 cm³/mol. The van der Waals surface area contributed by atoms with E-state index in [4.69, 9.17) is 72.3 Å². The summed E-state index contributed by atoms with van der Waals surface area (Å²) < 4.78 is 59.7. The minimum atomic E-state index is -0.641. The van der Waals surface area contributed by atoms with Crippen LogP contribution in [-0.4, -0.2) is 96.1 Å². The molecular formula is C109H138N14O13. The Morgan fingerprint density at radius 1 is 0.235 bits per heavy atom. The molecule has 0 unspecified atom stereocenters. The van der Waals surface area contributed by atoms with Crippen molar-refractivity contribution in [2.24, 2.45) is 21.1 Å². The number of carbonyl (C=O) groups is 5. The van der Waals surface area contributed by atoms with E-state index in [-0.39, 0.29) is 35.6 Å². The van der Waals surface area contributed by atoms with E-state index in [0.29, 0.717) is 183 Å². The number of nitrogens with one attached hydrogen (secondary N) is 5. The third-order valence-electron chi connectivity index (χ3n) is 24.5. The highest BCUT2D eigenvalue weighted by Crippen LogP contribution is 2.47. The molecule has 27 nitrogen and oxygen atoms in total. The number of fused-ring (bicyclic) bond motifs is 16. The summed E-state index contributed by atoms with van der Waals surface area (Å²) in [6.45, 7) is 20.7. The fourth-order valence-electron chi connectivity index (χ4n) is 17.8. The summed E-state index contributed by atoms with van der Waals surface area (Å²) in [5, 5.41) is 15.0. The Balaban J connectivity index is 0.735. The van der Waals surface area contributed by atoms with Crippen molar-refractivity contribution in [3.05, 3.63) is 240 Å². The Morgan fingerprint density at radius 2 is 0.390 bits per heavy atom. The number of unbranched alkanes of at least 4 members (excludes halogenated alkanes) is 8. The molecule has 8 aromatic carbocycles. The molecule has 2 aliphatic carbocycles. The molecule has 3 aromatic heterocycles. The van der Waals surface area contributed by atoms with Crippen LogP contribution >= 0.6 is 0 Å². The number of aryl methyl sites for hydroxylation is 3. The van der Waals surface area contributed by atoms with Crippen LogP contribution in [-0.2, 0) is 82.1 Å². The Morgan fingerprint density at radius 3 is 0.574 bits per heavy atom. The zero-order chi connectivity index (χ0) is 96.6. The fraction of sp³-hybridized carbons (Fsp3) is 0.404. The standard InChI is InChI=1S/C109H138N14O13/c1-12-20-28-129-99-67-36-71-48-85(112)52-75(101(71)131-30-22-14-3)40-79-56-89(57-80(105(79)135-34-26-18-7)41-76-53-86(113)49-72(102(76)132-31-23-15-4)37-68(99)45-83(110)44-67)116-97(124)63-98(125)117-91-60-94(121(9)64-91)108(127)119-93-62-96(123(11)66-93)109(128)120-92-61-95(122(10)65-92)107(126)118-90-58-81-42-77-54-87(114)50-73(103(77)133-32-24-16-5)38-69-46-84(111)47-70(100(69)130-29-21-13-2)39-74-51-88(115)55-78(104(74)134-33-25-17-6)43-82(59-90)106(81)136-35-27-19-8/h44-62,64-66H,12-43,63,110-115H2,1-11H3,(H,116,124)(H,117,125)(H,118,126)(H,119,127)(H,120,128). The van der Waals surface area contributed by atoms with Crippen molar-refractivity contribution in [1.29, 1.82) is 0 Å². The van der Waals surface area contributed by atoms with Crippen molar-refractivity contribution in [3.8, 4) is 46.0 Å². The van der Waals surface area contributed by atoms with E-state index in [9.17, 15) is 19.2 Å². The van der Waals surface area contributed by atoms with E-state index in [1.54, 1.807) is 59.5 Å². The van der Waals surface area contributed by atoms with Gasteiger partial charge in [-0.3, -0.25) is 24.0 Å². The van der Waals surface area contributed by atoms with E-state index >= 15 is 4.79 Å². The van der Waals surface area contributed by atoms with Gasteiger partial charge >= 0.3 is 0 Å². The summed E-state index contributed by atoms with van der Waals surface area (Å²) in [4.78, 5) is 72.4. The highest BCUT2D eigenvalue weighted by molar-refractivity contribution is 6.11. The number of nitrogen functional groups attached to an aromatic ring is 6. The minimum Gasteiger partial charge on any atom is -0.493 e. The number of hydrogen-bond acceptors (Lipinski definition) is 19. The van der Waals surface area contributed by atoms with Gasteiger partial charge in [0, 0.05) is 226 Å². The number of nitrogens with zero attached hydrogens (tertiary/aromatic N) is 3. The Kier molecular flexibility index (Phi) is 34.7. The number of ether oxygens (including phenoxy) is 8. The monoisotopic (exact) mass is 1850 g/mol. The number of carbonyl (C=O) groups excluding carboxylic acids is 5. The average molecular weight is 1850 g/mol. The molecule has 11 aromatic rings. The van der Waals surface area contributed by atoms with Crippen molar-refractivity contribution in [2.75, 3.05) is 114 Å². The number of rotatable bonds is 42. The second-order valence-corrected chi connectivity index (χ2v) is 36.1. The predicted octanol–water partition coefficient (Wildman–Crippen LogP) is 20.7. The van der Waals surface area contributed by atoms with Gasteiger partial charge in [0.15, 0.2) is 0 Å². The largest absolute Gasteiger partial charge is 0.493 e. The second kappa shape index (κ2) is 47.4. The molecule has 3 heterocycles. The van der Waals surface area contributed by atoms with Crippen LogP contribution in [0, 0.1) is 0 Å². The zero-order valence-electron chi connectivity index (χ0n) is 81.1. The Hall–Kier alpha value is -13.9. The maximum absolute atomic E-state index is 15.0. The summed E-state index contributed by atoms with van der Waals surface area (Å²) in [7, 11) is 5.06. The van der Waals surface area contributed by atoms with Crippen LogP contribution in [0.15, 0.2) is 134 Å². The van der Waals surface area contributed by atoms with E-state index in [0.717, 1.165) is 203 Å². The van der Waals surface area contributed by atoms with E-state index in [1.807, 2.05) is 97.1 Å². The number of aromatic nitrogens is 3. The number of nitrogens with two attached hydrogens (primary N) is 6. The van der Waals surface area contributed by atoms with Crippen LogP contribution in [0.4, 0.5) is 62.6 Å². The van der Waals surface area contributed by atoms with Gasteiger partial charge < -0.3 is 113 Å². The summed E-state index contributed by atoms with van der Waals surface area (Å²) >= 11 is 0. The molecule has 0 radical (unpaired) electrons. The van der Waals surface area contributed by atoms with Gasteiger partial charge in [-0.25, -0.2) is 0 Å². The number of anilines is 11. The van der Waals surface area contributed by atoms with Gasteiger partial charge in [-0.2, -0.15) is 0 Å². The van der Waals surface area contributed by atoms with Crippen molar-refractivity contribution >= 4 is 92.1 Å². The lowest BCUT2D eigenvalue weighted by molar-refractivity contribution is -0.123. The van der Waals surface area contributed by atoms with E-state index in [2.05, 4.69) is 82.0 Å². The smallest absolute Gasteiger partial charge is 0.272 e. The van der Waals surface area contributed by atoms with E-state index < -0.39 is 36.0 Å². The normalized spacial score (nSPS) is 12.2. The maximum Gasteiger partial charge on any atom is 0.272 e. The fourth-order valence-corrected chi connectivity index (χ4v) is 17.8. The summed E-state index contributed by atoms with van der Waals surface area (Å²) in [6.07, 6.45) is 20.7. The number of amides is 5. The number of benzene rings is 8. The van der Waals surface area contributed by atoms with Crippen molar-refractivity contribution in [3.63, 3.8) is 0 Å². The molecule has 2 aliphatic rings. The van der Waals surface area contributed by atoms with Crippen LogP contribution < -0.4 is 98.9 Å². The third kappa shape index (κ3) is 25.6. The van der Waals surface area contributed by atoms with Gasteiger partial charge in [0.2, 0.25) is 11.8 Å². The quantitative estimate of drug-likeness (QED) is 0.00961. The van der Waals surface area contributed by atoms with Gasteiger partial charge in [0.1, 0.15) is 69.5 Å². The number of hydrogen-bond donors (Lipinski definition) is 11. The van der Waals surface area contributed by atoms with Crippen LogP contribution in [0.25, 0.3) is 0 Å². The molecule has 0 spiro atoms. The molecular weight excluding hydrogens is 1710 g/mol.